The van der Waals surface area contributed by atoms with E-state index in [1.165, 1.54) is 18.6 Å². The molecule has 0 N–H and O–H groups in total. The molecule has 1 saturated carbocycles. The highest BCUT2D eigenvalue weighted by molar-refractivity contribution is 5.76. The number of benzene rings is 2. The van der Waals surface area contributed by atoms with Gasteiger partial charge >= 0.3 is 6.36 Å². The first-order chi connectivity index (χ1) is 14.1. The average molecular weight is 416 g/mol. The molecule has 1 fully saturated rings. The molecule has 0 radical (unpaired) electrons. The van der Waals surface area contributed by atoms with Crippen LogP contribution in [0.4, 0.5) is 13.2 Å². The van der Waals surface area contributed by atoms with Crippen molar-refractivity contribution in [2.24, 2.45) is 11.3 Å². The molecule has 6 heteroatoms. The van der Waals surface area contributed by atoms with Crippen LogP contribution in [0.5, 0.6) is 5.75 Å². The number of halogens is 3. The average Bonchev–Trinajstić information content (AvgIpc) is 2.98. The van der Waals surface area contributed by atoms with Gasteiger partial charge in [-0.3, -0.25) is 0 Å². The molecule has 3 aromatic rings. The summed E-state index contributed by atoms with van der Waals surface area (Å²) in [6.45, 7) is 6.97. The van der Waals surface area contributed by atoms with Gasteiger partial charge < -0.3 is 9.30 Å². The van der Waals surface area contributed by atoms with Crippen molar-refractivity contribution in [1.29, 1.82) is 0 Å². The highest BCUT2D eigenvalue weighted by Crippen LogP contribution is 2.45. The van der Waals surface area contributed by atoms with Gasteiger partial charge in [-0.05, 0) is 60.4 Å². The second kappa shape index (κ2) is 7.64. The SMILES string of the molecule is C[C@@H]1C[C@H](n2c(Cc3ccc(OC(F)(F)F)cc3)nc3ccccc32)CC(C)(C)C1. The van der Waals surface area contributed by atoms with Gasteiger partial charge in [0.05, 0.1) is 11.0 Å². The Balaban J connectivity index is 1.67. The predicted molar refractivity (Wildman–Crippen MR) is 111 cm³/mol. The highest BCUT2D eigenvalue weighted by atomic mass is 19.4. The maximum atomic E-state index is 12.4. The highest BCUT2D eigenvalue weighted by Gasteiger charge is 2.34. The van der Waals surface area contributed by atoms with E-state index in [0.717, 1.165) is 35.3 Å². The second-order valence-corrected chi connectivity index (χ2v) is 9.32. The first-order valence-electron chi connectivity index (χ1n) is 10.4. The third-order valence-corrected chi connectivity index (χ3v) is 5.92. The number of rotatable bonds is 4. The monoisotopic (exact) mass is 416 g/mol. The molecule has 1 aliphatic carbocycles. The first-order valence-corrected chi connectivity index (χ1v) is 10.4. The Morgan fingerprint density at radius 1 is 1.07 bits per heavy atom. The number of alkyl halides is 3. The van der Waals surface area contributed by atoms with Gasteiger partial charge in [0.2, 0.25) is 0 Å². The molecule has 0 amide bonds. The summed E-state index contributed by atoms with van der Waals surface area (Å²) in [5.41, 5.74) is 3.26. The predicted octanol–water partition coefficient (Wildman–Crippen LogP) is 6.91. The van der Waals surface area contributed by atoms with Crippen molar-refractivity contribution in [1.82, 2.24) is 9.55 Å². The van der Waals surface area contributed by atoms with Gasteiger partial charge in [0, 0.05) is 12.5 Å². The lowest BCUT2D eigenvalue weighted by Crippen LogP contribution is -2.30. The molecule has 3 nitrogen and oxygen atoms in total. The summed E-state index contributed by atoms with van der Waals surface area (Å²) in [5.74, 6) is 1.38. The fraction of sp³-hybridized carbons (Fsp3) is 0.458. The topological polar surface area (TPSA) is 27.1 Å². The summed E-state index contributed by atoms with van der Waals surface area (Å²) in [7, 11) is 0. The molecule has 0 spiro atoms. The van der Waals surface area contributed by atoms with Gasteiger partial charge in [0.15, 0.2) is 0 Å². The standard InChI is InChI=1S/C24H27F3N2O/c1-16-12-18(15-23(2,3)14-16)29-21-7-5-4-6-20(21)28-22(29)13-17-8-10-19(11-9-17)30-24(25,26)27/h4-11,16,18H,12-15H2,1-3H3/t16-,18+/m1/s1. The number of fused-ring (bicyclic) bond motifs is 1. The van der Waals surface area contributed by atoms with E-state index in [0.29, 0.717) is 18.4 Å². The zero-order valence-corrected chi connectivity index (χ0v) is 17.5. The van der Waals surface area contributed by atoms with Crippen molar-refractivity contribution in [3.8, 4) is 5.75 Å². The zero-order chi connectivity index (χ0) is 21.5. The third kappa shape index (κ3) is 4.63. The molecular formula is C24H27F3N2O. The number of imidazole rings is 1. The summed E-state index contributed by atoms with van der Waals surface area (Å²) in [5, 5.41) is 0. The van der Waals surface area contributed by atoms with Crippen molar-refractivity contribution >= 4 is 11.0 Å². The lowest BCUT2D eigenvalue weighted by Gasteiger charge is -2.40. The zero-order valence-electron chi connectivity index (χ0n) is 17.5. The Morgan fingerprint density at radius 2 is 1.77 bits per heavy atom. The number of nitrogens with zero attached hydrogens (tertiary/aromatic N) is 2. The van der Waals surface area contributed by atoms with Crippen LogP contribution in [0.3, 0.4) is 0 Å². The Labute approximate surface area is 174 Å². The van der Waals surface area contributed by atoms with E-state index < -0.39 is 6.36 Å². The first kappa shape index (κ1) is 20.8. The molecule has 1 aromatic heterocycles. The minimum absolute atomic E-state index is 0.206. The normalized spacial score (nSPS) is 21.7. The van der Waals surface area contributed by atoms with E-state index in [1.54, 1.807) is 12.1 Å². The van der Waals surface area contributed by atoms with Crippen LogP contribution >= 0.6 is 0 Å². The van der Waals surface area contributed by atoms with Gasteiger partial charge in [-0.15, -0.1) is 13.2 Å². The molecule has 30 heavy (non-hydrogen) atoms. The summed E-state index contributed by atoms with van der Waals surface area (Å²) in [4.78, 5) is 4.89. The minimum atomic E-state index is -4.68. The molecule has 2 atom stereocenters. The maximum absolute atomic E-state index is 12.4. The van der Waals surface area contributed by atoms with Crippen molar-refractivity contribution in [2.75, 3.05) is 0 Å². The number of para-hydroxylation sites is 2. The maximum Gasteiger partial charge on any atom is 0.573 e. The van der Waals surface area contributed by atoms with E-state index >= 15 is 0 Å². The smallest absolute Gasteiger partial charge is 0.406 e. The van der Waals surface area contributed by atoms with Gasteiger partial charge in [0.25, 0.3) is 0 Å². The van der Waals surface area contributed by atoms with Crippen LogP contribution in [0.1, 0.15) is 57.5 Å². The Kier molecular flexibility index (Phi) is 5.28. The molecule has 0 bridgehead atoms. The fourth-order valence-electron chi connectivity index (χ4n) is 5.11. The molecule has 0 saturated heterocycles. The number of aromatic nitrogens is 2. The molecule has 1 aliphatic rings. The van der Waals surface area contributed by atoms with E-state index in [1.807, 2.05) is 18.2 Å². The van der Waals surface area contributed by atoms with E-state index in [9.17, 15) is 13.2 Å². The quantitative estimate of drug-likeness (QED) is 0.462. The summed E-state index contributed by atoms with van der Waals surface area (Å²) in [6, 6.07) is 14.6. The lowest BCUT2D eigenvalue weighted by molar-refractivity contribution is -0.274. The number of hydrogen-bond acceptors (Lipinski definition) is 2. The Morgan fingerprint density at radius 3 is 2.43 bits per heavy atom. The van der Waals surface area contributed by atoms with Gasteiger partial charge in [0.1, 0.15) is 11.6 Å². The number of ether oxygens (including phenoxy) is 1. The Bertz CT molecular complexity index is 1020. The van der Waals surface area contributed by atoms with E-state index in [2.05, 4.69) is 36.1 Å². The van der Waals surface area contributed by atoms with Crippen molar-refractivity contribution < 1.29 is 17.9 Å². The van der Waals surface area contributed by atoms with Crippen LogP contribution in [0.25, 0.3) is 11.0 Å². The number of hydrogen-bond donors (Lipinski definition) is 0. The van der Waals surface area contributed by atoms with Crippen molar-refractivity contribution in [3.05, 3.63) is 59.9 Å². The summed E-state index contributed by atoms with van der Waals surface area (Å²) < 4.78 is 43.6. The van der Waals surface area contributed by atoms with Crippen LogP contribution in [0, 0.1) is 11.3 Å². The minimum Gasteiger partial charge on any atom is -0.406 e. The van der Waals surface area contributed by atoms with Crippen LogP contribution in [0.2, 0.25) is 0 Å². The molecule has 2 aromatic carbocycles. The van der Waals surface area contributed by atoms with E-state index in [4.69, 9.17) is 4.98 Å². The molecule has 0 unspecified atom stereocenters. The van der Waals surface area contributed by atoms with Crippen LogP contribution in [-0.2, 0) is 6.42 Å². The van der Waals surface area contributed by atoms with Crippen LogP contribution in [-0.4, -0.2) is 15.9 Å². The largest absolute Gasteiger partial charge is 0.573 e. The van der Waals surface area contributed by atoms with Gasteiger partial charge in [-0.1, -0.05) is 45.0 Å². The van der Waals surface area contributed by atoms with Crippen molar-refractivity contribution in [3.63, 3.8) is 0 Å². The van der Waals surface area contributed by atoms with Crippen LogP contribution < -0.4 is 4.74 Å². The lowest BCUT2D eigenvalue weighted by atomic mass is 9.70. The summed E-state index contributed by atoms with van der Waals surface area (Å²) >= 11 is 0. The van der Waals surface area contributed by atoms with E-state index in [-0.39, 0.29) is 11.2 Å². The molecule has 0 aliphatic heterocycles. The third-order valence-electron chi connectivity index (χ3n) is 5.92. The molecule has 4 rings (SSSR count). The molecule has 1 heterocycles. The molecule has 160 valence electrons. The fourth-order valence-corrected chi connectivity index (χ4v) is 5.11. The molecular weight excluding hydrogens is 389 g/mol. The summed E-state index contributed by atoms with van der Waals surface area (Å²) in [6.07, 6.45) is -0.712. The van der Waals surface area contributed by atoms with Gasteiger partial charge in [-0.25, -0.2) is 4.98 Å². The second-order valence-electron chi connectivity index (χ2n) is 9.32. The van der Waals surface area contributed by atoms with Gasteiger partial charge in [-0.2, -0.15) is 0 Å². The van der Waals surface area contributed by atoms with Crippen molar-refractivity contribution in [2.45, 2.75) is 58.9 Å². The van der Waals surface area contributed by atoms with Crippen LogP contribution in [0.15, 0.2) is 48.5 Å². The Hall–Kier alpha value is -2.50.